The number of rotatable bonds is 4. The maximum Gasteiger partial charge on any atom is 0.177 e. The maximum atomic E-state index is 9.10. The number of H-pyrrole nitrogens is 1. The van der Waals surface area contributed by atoms with Gasteiger partial charge in [-0.05, 0) is 41.0 Å². The number of thiophene rings is 1. The molecule has 5 heteroatoms. The molecule has 0 unspecified atom stereocenters. The fourth-order valence-corrected chi connectivity index (χ4v) is 2.45. The predicted octanol–water partition coefficient (Wildman–Crippen LogP) is 2.34. The molecule has 80 valence electrons. The lowest BCUT2D eigenvalue weighted by Crippen LogP contribution is -2.05. The number of hydrogen-bond acceptors (Lipinski definition) is 3. The molecule has 2 aromatic heterocycles. The van der Waals surface area contributed by atoms with E-state index in [9.17, 15) is 0 Å². The van der Waals surface area contributed by atoms with Gasteiger partial charge in [0.15, 0.2) is 4.77 Å². The Labute approximate surface area is 97.0 Å². The van der Waals surface area contributed by atoms with Gasteiger partial charge in [-0.15, -0.1) is 0 Å². The van der Waals surface area contributed by atoms with Gasteiger partial charge < -0.3 is 14.7 Å². The van der Waals surface area contributed by atoms with Crippen LogP contribution in [-0.2, 0) is 19.6 Å². The fraction of sp³-hybridized carbons (Fsp3) is 0.300. The van der Waals surface area contributed by atoms with Crippen molar-refractivity contribution in [2.75, 3.05) is 0 Å². The number of hydrogen-bond donors (Lipinski definition) is 2. The first-order chi connectivity index (χ1) is 7.31. The standard InChI is InChI=1S/C10H12N2OS2/c13-6-9-5-11-10(14)12(9)3-1-8-2-4-15-7-8/h2,4-5,7,13H,1,3,6H2,(H,11,14). The van der Waals surface area contributed by atoms with Crippen LogP contribution in [0.15, 0.2) is 23.0 Å². The Hall–Kier alpha value is -0.910. The average molecular weight is 240 g/mol. The first-order valence-electron chi connectivity index (χ1n) is 4.70. The Morgan fingerprint density at radius 1 is 1.53 bits per heavy atom. The molecule has 15 heavy (non-hydrogen) atoms. The summed E-state index contributed by atoms with van der Waals surface area (Å²) in [5.74, 6) is 0. The summed E-state index contributed by atoms with van der Waals surface area (Å²) in [4.78, 5) is 2.94. The van der Waals surface area contributed by atoms with Gasteiger partial charge in [-0.2, -0.15) is 11.3 Å². The van der Waals surface area contributed by atoms with Crippen LogP contribution in [0, 0.1) is 4.77 Å². The third-order valence-electron chi connectivity index (χ3n) is 2.32. The maximum absolute atomic E-state index is 9.10. The molecule has 0 atom stereocenters. The van der Waals surface area contributed by atoms with Gasteiger partial charge in [0.25, 0.3) is 0 Å². The zero-order chi connectivity index (χ0) is 10.7. The van der Waals surface area contributed by atoms with Crippen molar-refractivity contribution in [1.29, 1.82) is 0 Å². The van der Waals surface area contributed by atoms with E-state index in [1.807, 2.05) is 4.57 Å². The second-order valence-corrected chi connectivity index (χ2v) is 4.44. The first kappa shape index (κ1) is 10.6. The minimum absolute atomic E-state index is 0.0246. The van der Waals surface area contributed by atoms with Crippen LogP contribution in [0.3, 0.4) is 0 Å². The van der Waals surface area contributed by atoms with Crippen LogP contribution in [0.1, 0.15) is 11.3 Å². The summed E-state index contributed by atoms with van der Waals surface area (Å²) in [7, 11) is 0. The molecule has 0 fully saturated rings. The molecule has 0 radical (unpaired) electrons. The number of aliphatic hydroxyl groups is 1. The SMILES string of the molecule is OCc1c[nH]c(=S)n1CCc1ccsc1. The monoisotopic (exact) mass is 240 g/mol. The Balaban J connectivity index is 2.10. The Morgan fingerprint density at radius 3 is 3.07 bits per heavy atom. The number of nitrogens with one attached hydrogen (secondary N) is 1. The zero-order valence-corrected chi connectivity index (χ0v) is 9.77. The average Bonchev–Trinajstić information content (AvgIpc) is 2.84. The molecule has 0 aliphatic rings. The topological polar surface area (TPSA) is 40.9 Å². The normalized spacial score (nSPS) is 10.7. The smallest absolute Gasteiger partial charge is 0.177 e. The summed E-state index contributed by atoms with van der Waals surface area (Å²) >= 11 is 6.83. The number of aliphatic hydroxyl groups excluding tert-OH is 1. The molecule has 2 rings (SSSR count). The van der Waals surface area contributed by atoms with Crippen LogP contribution in [0.2, 0.25) is 0 Å². The van der Waals surface area contributed by atoms with Gasteiger partial charge >= 0.3 is 0 Å². The third kappa shape index (κ3) is 2.37. The Morgan fingerprint density at radius 2 is 2.40 bits per heavy atom. The zero-order valence-electron chi connectivity index (χ0n) is 8.14. The fourth-order valence-electron chi connectivity index (χ4n) is 1.48. The minimum Gasteiger partial charge on any atom is -0.390 e. The molecule has 0 saturated heterocycles. The van der Waals surface area contributed by atoms with Crippen molar-refractivity contribution in [2.45, 2.75) is 19.6 Å². The molecule has 0 aliphatic carbocycles. The number of aromatic amines is 1. The van der Waals surface area contributed by atoms with E-state index >= 15 is 0 Å². The van der Waals surface area contributed by atoms with Crippen LogP contribution in [0.25, 0.3) is 0 Å². The van der Waals surface area contributed by atoms with E-state index in [-0.39, 0.29) is 6.61 Å². The van der Waals surface area contributed by atoms with Gasteiger partial charge in [0.2, 0.25) is 0 Å². The molecule has 0 saturated carbocycles. The van der Waals surface area contributed by atoms with E-state index in [1.54, 1.807) is 17.5 Å². The first-order valence-corrected chi connectivity index (χ1v) is 6.05. The molecule has 2 heterocycles. The highest BCUT2D eigenvalue weighted by molar-refractivity contribution is 7.71. The summed E-state index contributed by atoms with van der Waals surface area (Å²) in [6, 6.07) is 2.11. The largest absolute Gasteiger partial charge is 0.390 e. The summed E-state index contributed by atoms with van der Waals surface area (Å²) < 4.78 is 2.61. The highest BCUT2D eigenvalue weighted by atomic mass is 32.1. The van der Waals surface area contributed by atoms with Crippen molar-refractivity contribution in [3.8, 4) is 0 Å². The Bertz CT molecular complexity index is 470. The van der Waals surface area contributed by atoms with Gasteiger partial charge in [0, 0.05) is 12.7 Å². The van der Waals surface area contributed by atoms with Crippen LogP contribution < -0.4 is 0 Å². The summed E-state index contributed by atoms with van der Waals surface area (Å²) in [6.45, 7) is 0.839. The van der Waals surface area contributed by atoms with Crippen molar-refractivity contribution >= 4 is 23.6 Å². The Kier molecular flexibility index (Phi) is 3.35. The number of imidazole rings is 1. The molecular weight excluding hydrogens is 228 g/mol. The van der Waals surface area contributed by atoms with Crippen LogP contribution >= 0.6 is 23.6 Å². The second kappa shape index (κ2) is 4.74. The van der Waals surface area contributed by atoms with Crippen LogP contribution in [0.4, 0.5) is 0 Å². The number of aryl methyl sites for hydroxylation is 1. The van der Waals surface area contributed by atoms with Crippen molar-refractivity contribution < 1.29 is 5.11 Å². The number of aromatic nitrogens is 2. The van der Waals surface area contributed by atoms with Crippen molar-refractivity contribution in [3.05, 3.63) is 39.1 Å². The van der Waals surface area contributed by atoms with Gasteiger partial charge in [-0.3, -0.25) is 0 Å². The van der Waals surface area contributed by atoms with E-state index in [0.29, 0.717) is 4.77 Å². The molecule has 2 aromatic rings. The lowest BCUT2D eigenvalue weighted by atomic mass is 10.2. The molecule has 0 aromatic carbocycles. The number of nitrogens with zero attached hydrogens (tertiary/aromatic N) is 1. The molecule has 0 spiro atoms. The van der Waals surface area contributed by atoms with Gasteiger partial charge in [-0.1, -0.05) is 0 Å². The molecule has 0 amide bonds. The van der Waals surface area contributed by atoms with Gasteiger partial charge in [0.1, 0.15) is 0 Å². The van der Waals surface area contributed by atoms with E-state index in [4.69, 9.17) is 17.3 Å². The molecule has 3 nitrogen and oxygen atoms in total. The quantitative estimate of drug-likeness (QED) is 0.805. The van der Waals surface area contributed by atoms with E-state index < -0.39 is 0 Å². The van der Waals surface area contributed by atoms with E-state index in [2.05, 4.69) is 21.8 Å². The highest BCUT2D eigenvalue weighted by Gasteiger charge is 2.02. The third-order valence-corrected chi connectivity index (χ3v) is 3.39. The molecular formula is C10H12N2OS2. The van der Waals surface area contributed by atoms with E-state index in [1.165, 1.54) is 5.56 Å². The van der Waals surface area contributed by atoms with E-state index in [0.717, 1.165) is 18.7 Å². The summed E-state index contributed by atoms with van der Waals surface area (Å²) in [6.07, 6.45) is 2.71. The van der Waals surface area contributed by atoms with Crippen LogP contribution in [-0.4, -0.2) is 14.7 Å². The highest BCUT2D eigenvalue weighted by Crippen LogP contribution is 2.09. The predicted molar refractivity (Wildman–Crippen MR) is 63.6 cm³/mol. The van der Waals surface area contributed by atoms with Crippen LogP contribution in [0.5, 0.6) is 0 Å². The van der Waals surface area contributed by atoms with Gasteiger partial charge in [0.05, 0.1) is 12.3 Å². The molecule has 2 N–H and O–H groups in total. The minimum atomic E-state index is 0.0246. The summed E-state index contributed by atoms with van der Waals surface area (Å²) in [5, 5.41) is 13.3. The van der Waals surface area contributed by atoms with Crippen molar-refractivity contribution in [2.24, 2.45) is 0 Å². The lowest BCUT2D eigenvalue weighted by molar-refractivity contribution is 0.270. The van der Waals surface area contributed by atoms with Gasteiger partial charge in [-0.25, -0.2) is 0 Å². The summed E-state index contributed by atoms with van der Waals surface area (Å²) in [5.41, 5.74) is 2.15. The molecule has 0 bridgehead atoms. The van der Waals surface area contributed by atoms with Crippen molar-refractivity contribution in [1.82, 2.24) is 9.55 Å². The lowest BCUT2D eigenvalue weighted by Gasteiger charge is -2.04. The van der Waals surface area contributed by atoms with Crippen molar-refractivity contribution in [3.63, 3.8) is 0 Å². The second-order valence-electron chi connectivity index (χ2n) is 3.28. The molecule has 0 aliphatic heterocycles.